The van der Waals surface area contributed by atoms with Crippen molar-refractivity contribution in [2.45, 2.75) is 13.1 Å². The van der Waals surface area contributed by atoms with E-state index in [0.717, 1.165) is 6.21 Å². The number of hydrogen-bond acceptors (Lipinski definition) is 4. The lowest BCUT2D eigenvalue weighted by Gasteiger charge is -2.06. The standard InChI is InChI=1S/C10H8ClF3N2O2/c1-2-18-8(17)5-16-9-7(11)3-6(4-15-9)10(12,13)14/h3-5H,2H2,1H3/b16-5-. The van der Waals surface area contributed by atoms with Gasteiger partial charge in [0.15, 0.2) is 5.82 Å². The van der Waals surface area contributed by atoms with Gasteiger partial charge in [0.1, 0.15) is 6.21 Å². The van der Waals surface area contributed by atoms with Crippen LogP contribution in [-0.2, 0) is 15.7 Å². The Hall–Kier alpha value is -1.63. The molecule has 0 amide bonds. The summed E-state index contributed by atoms with van der Waals surface area (Å²) in [5.74, 6) is -0.909. The summed E-state index contributed by atoms with van der Waals surface area (Å²) in [7, 11) is 0. The molecule has 0 N–H and O–H groups in total. The van der Waals surface area contributed by atoms with Crippen LogP contribution in [0.4, 0.5) is 19.0 Å². The summed E-state index contributed by atoms with van der Waals surface area (Å²) in [6.45, 7) is 1.77. The first-order valence-electron chi connectivity index (χ1n) is 4.78. The number of hydrogen-bond donors (Lipinski definition) is 0. The van der Waals surface area contributed by atoms with Gasteiger partial charge in [-0.2, -0.15) is 13.2 Å². The number of aliphatic imine (C=N–C) groups is 1. The van der Waals surface area contributed by atoms with Gasteiger partial charge in [-0.15, -0.1) is 0 Å². The summed E-state index contributed by atoms with van der Waals surface area (Å²) < 4.78 is 41.5. The number of ether oxygens (including phenoxy) is 1. The zero-order valence-corrected chi connectivity index (χ0v) is 9.92. The number of carbonyl (C=O) groups is 1. The van der Waals surface area contributed by atoms with Crippen molar-refractivity contribution in [3.63, 3.8) is 0 Å². The number of pyridine rings is 1. The minimum atomic E-state index is -4.53. The quantitative estimate of drug-likeness (QED) is 0.632. The SMILES string of the molecule is CCOC(=O)/C=N\c1ncc(C(F)(F)F)cc1Cl. The number of aromatic nitrogens is 1. The highest BCUT2D eigenvalue weighted by Crippen LogP contribution is 2.32. The van der Waals surface area contributed by atoms with Crippen LogP contribution in [0.2, 0.25) is 5.02 Å². The van der Waals surface area contributed by atoms with Crippen LogP contribution in [0.1, 0.15) is 12.5 Å². The number of rotatable bonds is 3. The number of nitrogens with zero attached hydrogens (tertiary/aromatic N) is 2. The van der Waals surface area contributed by atoms with Gasteiger partial charge in [0.25, 0.3) is 0 Å². The summed E-state index contributed by atoms with van der Waals surface area (Å²) in [5.41, 5.74) is -0.984. The smallest absolute Gasteiger partial charge is 0.417 e. The van der Waals surface area contributed by atoms with E-state index in [0.29, 0.717) is 12.3 Å². The zero-order valence-electron chi connectivity index (χ0n) is 9.16. The third-order valence-electron chi connectivity index (χ3n) is 1.73. The number of esters is 1. The summed E-state index contributed by atoms with van der Waals surface area (Å²) in [5, 5.41) is -0.301. The molecule has 18 heavy (non-hydrogen) atoms. The van der Waals surface area contributed by atoms with Gasteiger partial charge in [-0.1, -0.05) is 11.6 Å². The molecule has 0 aliphatic carbocycles. The molecule has 0 aliphatic heterocycles. The Morgan fingerprint density at radius 2 is 2.28 bits per heavy atom. The average Bonchev–Trinajstić information content (AvgIpc) is 2.26. The molecule has 0 aromatic carbocycles. The third-order valence-corrected chi connectivity index (χ3v) is 2.01. The second-order valence-electron chi connectivity index (χ2n) is 3.04. The molecule has 0 aliphatic rings. The molecule has 1 aromatic rings. The lowest BCUT2D eigenvalue weighted by molar-refractivity contribution is -0.138. The average molecular weight is 281 g/mol. The van der Waals surface area contributed by atoms with Gasteiger partial charge in [0.05, 0.1) is 17.2 Å². The molecule has 98 valence electrons. The molecule has 8 heteroatoms. The lowest BCUT2D eigenvalue weighted by atomic mass is 10.3. The van der Waals surface area contributed by atoms with Gasteiger partial charge >= 0.3 is 12.1 Å². The summed E-state index contributed by atoms with van der Waals surface area (Å²) in [4.78, 5) is 17.9. The van der Waals surface area contributed by atoms with E-state index in [1.165, 1.54) is 0 Å². The zero-order chi connectivity index (χ0) is 13.8. The largest absolute Gasteiger partial charge is 0.462 e. The predicted molar refractivity (Wildman–Crippen MR) is 59.0 cm³/mol. The highest BCUT2D eigenvalue weighted by molar-refractivity contribution is 6.33. The van der Waals surface area contributed by atoms with Crippen molar-refractivity contribution >= 4 is 29.6 Å². The molecule has 4 nitrogen and oxygen atoms in total. The molecule has 0 saturated heterocycles. The van der Waals surface area contributed by atoms with Crippen LogP contribution < -0.4 is 0 Å². The van der Waals surface area contributed by atoms with Crippen molar-refractivity contribution in [3.8, 4) is 0 Å². The molecule has 0 radical (unpaired) electrons. The van der Waals surface area contributed by atoms with Crippen molar-refractivity contribution in [2.75, 3.05) is 6.61 Å². The van der Waals surface area contributed by atoms with Crippen LogP contribution in [0.3, 0.4) is 0 Å². The van der Waals surface area contributed by atoms with Gasteiger partial charge in [-0.05, 0) is 13.0 Å². The van der Waals surface area contributed by atoms with E-state index in [4.69, 9.17) is 11.6 Å². The highest BCUT2D eigenvalue weighted by Gasteiger charge is 2.31. The van der Waals surface area contributed by atoms with Crippen molar-refractivity contribution in [2.24, 2.45) is 4.99 Å². The maximum absolute atomic E-state index is 12.3. The Morgan fingerprint density at radius 3 is 2.78 bits per heavy atom. The molecule has 1 rings (SSSR count). The van der Waals surface area contributed by atoms with Gasteiger partial charge in [-0.3, -0.25) is 0 Å². The minimum Gasteiger partial charge on any atom is -0.462 e. The summed E-state index contributed by atoms with van der Waals surface area (Å²) in [6.07, 6.45) is -3.14. The Bertz CT molecular complexity index is 475. The first kappa shape index (κ1) is 14.4. The first-order valence-corrected chi connectivity index (χ1v) is 5.16. The fourth-order valence-corrected chi connectivity index (χ4v) is 1.19. The monoisotopic (exact) mass is 280 g/mol. The number of carbonyl (C=O) groups excluding carboxylic acids is 1. The van der Waals surface area contributed by atoms with Crippen molar-refractivity contribution in [1.29, 1.82) is 0 Å². The molecule has 0 fully saturated rings. The second kappa shape index (κ2) is 5.81. The molecule has 1 heterocycles. The Kier molecular flexibility index (Phi) is 4.66. The van der Waals surface area contributed by atoms with E-state index in [1.54, 1.807) is 6.92 Å². The lowest BCUT2D eigenvalue weighted by Crippen LogP contribution is -2.06. The van der Waals surface area contributed by atoms with E-state index >= 15 is 0 Å². The van der Waals surface area contributed by atoms with Gasteiger partial charge in [0, 0.05) is 6.20 Å². The normalized spacial score (nSPS) is 11.8. The fourth-order valence-electron chi connectivity index (χ4n) is 0.974. The molecule has 0 saturated carbocycles. The first-order chi connectivity index (χ1) is 8.34. The molecule has 1 aromatic heterocycles. The van der Waals surface area contributed by atoms with Gasteiger partial charge in [0.2, 0.25) is 0 Å². The van der Waals surface area contributed by atoms with E-state index in [2.05, 4.69) is 14.7 Å². The predicted octanol–water partition coefficient (Wildman–Crippen LogP) is 3.02. The van der Waals surface area contributed by atoms with Gasteiger partial charge < -0.3 is 4.74 Å². The summed E-state index contributed by atoms with van der Waals surface area (Å²) >= 11 is 5.57. The maximum atomic E-state index is 12.3. The molecular weight excluding hydrogens is 273 g/mol. The van der Waals surface area contributed by atoms with Gasteiger partial charge in [-0.25, -0.2) is 14.8 Å². The maximum Gasteiger partial charge on any atom is 0.417 e. The Labute approximate surface area is 105 Å². The Balaban J connectivity index is 2.90. The highest BCUT2D eigenvalue weighted by atomic mass is 35.5. The molecule has 0 unspecified atom stereocenters. The van der Waals surface area contributed by atoms with Crippen molar-refractivity contribution in [1.82, 2.24) is 4.98 Å². The van der Waals surface area contributed by atoms with E-state index < -0.39 is 17.7 Å². The van der Waals surface area contributed by atoms with E-state index in [1.807, 2.05) is 0 Å². The van der Waals surface area contributed by atoms with Crippen molar-refractivity contribution in [3.05, 3.63) is 22.8 Å². The van der Waals surface area contributed by atoms with E-state index in [-0.39, 0.29) is 17.4 Å². The van der Waals surface area contributed by atoms with Crippen LogP contribution in [0.25, 0.3) is 0 Å². The number of alkyl halides is 3. The molecular formula is C10H8ClF3N2O2. The second-order valence-corrected chi connectivity index (χ2v) is 3.44. The van der Waals surface area contributed by atoms with Crippen LogP contribution >= 0.6 is 11.6 Å². The number of halogens is 4. The molecule has 0 atom stereocenters. The minimum absolute atomic E-state index is 0.166. The van der Waals surface area contributed by atoms with Crippen LogP contribution in [0.5, 0.6) is 0 Å². The molecule has 0 bridgehead atoms. The van der Waals surface area contributed by atoms with E-state index in [9.17, 15) is 18.0 Å². The van der Waals surface area contributed by atoms with Crippen molar-refractivity contribution < 1.29 is 22.7 Å². The fraction of sp³-hybridized carbons (Fsp3) is 0.300. The topological polar surface area (TPSA) is 51.5 Å². The van der Waals surface area contributed by atoms with Crippen LogP contribution in [0.15, 0.2) is 17.3 Å². The Morgan fingerprint density at radius 1 is 1.61 bits per heavy atom. The van der Waals surface area contributed by atoms with Crippen LogP contribution in [-0.4, -0.2) is 23.8 Å². The van der Waals surface area contributed by atoms with Crippen LogP contribution in [0, 0.1) is 0 Å². The summed E-state index contributed by atoms with van der Waals surface area (Å²) in [6, 6.07) is 0.687. The molecule has 0 spiro atoms. The third kappa shape index (κ3) is 3.99.